The van der Waals surface area contributed by atoms with Crippen molar-refractivity contribution in [2.45, 2.75) is 254 Å². The van der Waals surface area contributed by atoms with Crippen LogP contribution in [0.2, 0.25) is 0 Å². The number of methoxy groups -OCH3 is 2. The number of Topliss-reactive ketones (excluding diaryl/α,β-unsaturated/α-hetero) is 2. The number of carbonyl (C=O) groups excluding carboxylic acids is 2. The Bertz CT molecular complexity index is 6490. The monoisotopic (exact) mass is 1970 g/mol. The molecule has 2 atom stereocenters. The summed E-state index contributed by atoms with van der Waals surface area (Å²) in [5, 5.41) is 23.8. The van der Waals surface area contributed by atoms with Crippen molar-refractivity contribution in [1.82, 2.24) is 0 Å². The summed E-state index contributed by atoms with van der Waals surface area (Å²) in [6, 6.07) is 60.7. The predicted molar refractivity (Wildman–Crippen MR) is 582 cm³/mol. The second-order valence-electron chi connectivity index (χ2n) is 37.5. The first kappa shape index (κ1) is 99.3. The highest BCUT2D eigenvalue weighted by atomic mass is 32.2. The summed E-state index contributed by atoms with van der Waals surface area (Å²) < 4.78 is 52.4. The van der Waals surface area contributed by atoms with Crippen LogP contribution >= 0.6 is 91.5 Å². The van der Waals surface area contributed by atoms with Crippen molar-refractivity contribution in [3.05, 3.63) is 314 Å². The fraction of sp³-hybridized carbons (Fsp3) is 0.367. The third-order valence-electron chi connectivity index (χ3n) is 28.8. The molecule has 2 unspecified atom stereocenters. The number of unbranched alkanes of at least 4 members (excludes halogenated alkanes) is 14. The van der Waals surface area contributed by atoms with Crippen LogP contribution in [0.15, 0.2) is 189 Å². The van der Waals surface area contributed by atoms with Crippen molar-refractivity contribution < 1.29 is 27.8 Å². The standard InChI is InChI=1S/C120H120F2N4O4S8/c1-13-21-27-31-37-75-41-49-79(50-42-75)119(80-51-43-76(44-52-80)38-32-28-22-14-2)93-65-85(63-91-101(97(69-123)125-9)87-59-57-83(129-11)61-89(87)109(91)127)133-111(93)115-107(119)105-103(99-67-95(121)117(135-99)131-71-73(19-7)35-25-17-5)114-106(104(113(105)137-115)100-68-96(122)118(136-100)132-72-74(20-8)36-26-18-6)108-116(138-114)112-94(66-86(134-112)64-92-102(98(70-124)126-10)88-60-58-84(130-12)62-90(88)110(92)128)120(108,81-53-45-77(46-54-81)39-33-29-23-15-3)82-55-47-78(48-56-82)40-34-30-24-16-4/h41-68,73-74H,13-40,71-72H2,1-8,11-12H3/b91-63-,92-64-,101-97-,102-98+. The molecule has 0 amide bonds. The van der Waals surface area contributed by atoms with E-state index in [1.807, 2.05) is 24.3 Å². The number of ether oxygens (including phenoxy) is 2. The number of carbonyl (C=O) groups is 2. The molecule has 706 valence electrons. The molecule has 6 aromatic heterocycles. The summed E-state index contributed by atoms with van der Waals surface area (Å²) in [6.07, 6.45) is 33.4. The number of aryl methyl sites for hydroxylation is 4. The molecule has 0 saturated heterocycles. The van der Waals surface area contributed by atoms with Crippen LogP contribution in [0.3, 0.4) is 0 Å². The second-order valence-corrected chi connectivity index (χ2v) is 46.4. The lowest BCUT2D eigenvalue weighted by Crippen LogP contribution is -2.29. The summed E-state index contributed by atoms with van der Waals surface area (Å²) in [7, 11) is 3.13. The van der Waals surface area contributed by atoms with E-state index >= 15 is 18.4 Å². The minimum Gasteiger partial charge on any atom is -0.497 e. The Hall–Kier alpha value is -10.3. The van der Waals surface area contributed by atoms with E-state index in [9.17, 15) is 10.5 Å². The second kappa shape index (κ2) is 44.7. The molecule has 4 aliphatic rings. The van der Waals surface area contributed by atoms with Crippen LogP contribution < -0.4 is 9.47 Å². The van der Waals surface area contributed by atoms with Gasteiger partial charge in [0.15, 0.2) is 11.6 Å². The van der Waals surface area contributed by atoms with Gasteiger partial charge in [-0.1, -0.05) is 280 Å². The number of nitrogens with zero attached hydrogens (tertiary/aromatic N) is 4. The molecule has 0 bridgehead atoms. The van der Waals surface area contributed by atoms with E-state index in [2.05, 4.69) is 186 Å². The van der Waals surface area contributed by atoms with Gasteiger partial charge in [0.25, 0.3) is 11.4 Å². The van der Waals surface area contributed by atoms with Gasteiger partial charge in [-0.3, -0.25) is 9.59 Å². The molecule has 0 N–H and O–H groups in total. The predicted octanol–water partition coefficient (Wildman–Crippen LogP) is 36.7. The maximum absolute atomic E-state index is 18.9. The third kappa shape index (κ3) is 18.9. The van der Waals surface area contributed by atoms with Crippen molar-refractivity contribution in [2.75, 3.05) is 25.7 Å². The van der Waals surface area contributed by atoms with Gasteiger partial charge in [0, 0.05) is 95.7 Å². The van der Waals surface area contributed by atoms with Crippen molar-refractivity contribution in [2.24, 2.45) is 11.8 Å². The van der Waals surface area contributed by atoms with Gasteiger partial charge >= 0.3 is 0 Å². The van der Waals surface area contributed by atoms with Gasteiger partial charge in [-0.05, 0) is 215 Å². The van der Waals surface area contributed by atoms with Crippen molar-refractivity contribution in [3.63, 3.8) is 0 Å². The molecule has 6 heterocycles. The van der Waals surface area contributed by atoms with Gasteiger partial charge in [-0.2, -0.15) is 0 Å². The average molecular weight is 1980 g/mol. The molecule has 13 aromatic rings. The highest BCUT2D eigenvalue weighted by Crippen LogP contribution is 2.71. The lowest BCUT2D eigenvalue weighted by molar-refractivity contribution is 0.103. The molecular formula is C120H120F2N4O4S8. The van der Waals surface area contributed by atoms with Crippen molar-refractivity contribution in [1.29, 1.82) is 10.5 Å². The maximum Gasteiger partial charge on any atom is 0.270 e. The van der Waals surface area contributed by atoms with E-state index in [1.165, 1.54) is 44.9 Å². The zero-order valence-corrected chi connectivity index (χ0v) is 87.5. The minimum atomic E-state index is -1.17. The zero-order chi connectivity index (χ0) is 96.5. The van der Waals surface area contributed by atoms with Gasteiger partial charge in [0.1, 0.15) is 23.1 Å². The summed E-state index contributed by atoms with van der Waals surface area (Å²) in [6.45, 7) is 35.0. The lowest BCUT2D eigenvalue weighted by Gasteiger charge is -2.35. The number of rotatable bonds is 44. The largest absolute Gasteiger partial charge is 0.497 e. The van der Waals surface area contributed by atoms with Crippen LogP contribution in [0, 0.1) is 59.3 Å². The van der Waals surface area contributed by atoms with Gasteiger partial charge in [-0.15, -0.1) is 91.5 Å². The molecule has 0 radical (unpaired) electrons. The minimum absolute atomic E-state index is 0.185. The number of thiophene rings is 6. The summed E-state index contributed by atoms with van der Waals surface area (Å²) in [5.41, 5.74) is 14.9. The molecular weight excluding hydrogens is 1860 g/mol. The molecule has 18 heteroatoms. The molecule has 0 fully saturated rings. The first-order valence-electron chi connectivity index (χ1n) is 50.0. The molecule has 17 rings (SSSR count). The first-order chi connectivity index (χ1) is 67.5. The molecule has 0 saturated carbocycles. The zero-order valence-electron chi connectivity index (χ0n) is 81.0. The number of allylic oxidation sites excluding steroid dienone is 6. The Morgan fingerprint density at radius 1 is 0.413 bits per heavy atom. The summed E-state index contributed by atoms with van der Waals surface area (Å²) in [4.78, 5) is 45.8. The van der Waals surface area contributed by atoms with Gasteiger partial charge in [-0.25, -0.2) is 29.0 Å². The van der Waals surface area contributed by atoms with Gasteiger partial charge < -0.3 is 9.47 Å². The van der Waals surface area contributed by atoms with Gasteiger partial charge in [0.05, 0.1) is 78.3 Å². The fourth-order valence-electron chi connectivity index (χ4n) is 21.4. The van der Waals surface area contributed by atoms with E-state index in [-0.39, 0.29) is 56.9 Å². The quantitative estimate of drug-likeness (QED) is 0.0122. The Labute approximate surface area is 847 Å². The van der Waals surface area contributed by atoms with Crippen molar-refractivity contribution >= 4 is 147 Å². The number of halogens is 2. The molecule has 7 aromatic carbocycles. The number of fused-ring (bicyclic) bond motifs is 12. The van der Waals surface area contributed by atoms with Crippen LogP contribution in [0.4, 0.5) is 8.78 Å². The van der Waals surface area contributed by atoms with Crippen LogP contribution in [0.1, 0.15) is 318 Å². The lowest BCUT2D eigenvalue weighted by atomic mass is 9.66. The Kier molecular flexibility index (Phi) is 32.1. The number of ketones is 2. The van der Waals surface area contributed by atoms with Crippen LogP contribution in [-0.2, 0) is 36.5 Å². The average Bonchev–Trinajstić information content (AvgIpc) is 1.48. The first-order valence-corrected chi connectivity index (χ1v) is 56.9. The summed E-state index contributed by atoms with van der Waals surface area (Å²) >= 11 is 13.0. The topological polar surface area (TPSA) is 109 Å². The number of hydrogen-bond donors (Lipinski definition) is 0. The van der Waals surface area contributed by atoms with Gasteiger partial charge in [0.2, 0.25) is 0 Å². The van der Waals surface area contributed by atoms with E-state index in [0.717, 1.165) is 306 Å². The van der Waals surface area contributed by atoms with Crippen LogP contribution in [-0.4, -0.2) is 37.3 Å². The molecule has 8 nitrogen and oxygen atoms in total. The van der Waals surface area contributed by atoms with E-state index in [1.54, 1.807) is 119 Å². The van der Waals surface area contributed by atoms with E-state index < -0.39 is 10.8 Å². The number of benzene rings is 7. The third-order valence-corrected chi connectivity index (χ3v) is 39.0. The number of hydrogen-bond acceptors (Lipinski definition) is 14. The fourth-order valence-corrected chi connectivity index (χ4v) is 32.0. The molecule has 4 aliphatic carbocycles. The SMILES string of the molecule is [C-]#[N+]/C(C#N)=C1\C(=C\c2cc3c(s2)-c2sc4c(-c5cc(F)c(SCC(CC)CCCC)s5)c5c6c(sc5c(-c5cc(F)c(SCC(CC)CCCC)s5)c4c2C3(c2ccc(CCCCCC)cc2)c2ccc(CCCCCC)cc2)-c2sc(/C=C3\C(=O)c4cc(OC)ccc4\C3=C(\C#N)[N+]#[C-])cc2C6(c2ccc(CCCCCC)cc2)c2ccc(CCCCCC)cc2)C(=O)c2cc(OC)ccc21. The van der Waals surface area contributed by atoms with E-state index in [4.69, 9.17) is 22.6 Å². The van der Waals surface area contributed by atoms with Crippen LogP contribution in [0.5, 0.6) is 11.5 Å². The molecule has 0 aliphatic heterocycles. The number of nitriles is 2. The molecule has 0 spiro atoms. The Morgan fingerprint density at radius 2 is 0.746 bits per heavy atom. The highest BCUT2D eigenvalue weighted by molar-refractivity contribution is 8.01. The van der Waals surface area contributed by atoms with Crippen LogP contribution in [0.25, 0.3) is 93.6 Å². The summed E-state index contributed by atoms with van der Waals surface area (Å²) in [5.74, 6) is 2.01. The Balaban J connectivity index is 1.06. The number of thioether (sulfide) groups is 2. The smallest absolute Gasteiger partial charge is 0.270 e. The Morgan fingerprint density at radius 3 is 1.04 bits per heavy atom. The van der Waals surface area contributed by atoms with Crippen molar-refractivity contribution in [3.8, 4) is 64.0 Å². The normalized spacial score (nSPS) is 15.4. The maximum atomic E-state index is 18.9. The van der Waals surface area contributed by atoms with E-state index in [0.29, 0.717) is 54.0 Å². The molecule has 138 heavy (non-hydrogen) atoms. The highest BCUT2D eigenvalue weighted by Gasteiger charge is 2.55.